The van der Waals surface area contributed by atoms with Crippen molar-refractivity contribution in [3.05, 3.63) is 53.9 Å². The number of rotatable bonds is 5. The van der Waals surface area contributed by atoms with E-state index >= 15 is 0 Å². The van der Waals surface area contributed by atoms with Crippen molar-refractivity contribution in [1.82, 2.24) is 14.8 Å². The molecule has 1 aliphatic heterocycles. The third kappa shape index (κ3) is 5.02. The summed E-state index contributed by atoms with van der Waals surface area (Å²) in [5.74, 6) is 0.899. The van der Waals surface area contributed by atoms with Crippen molar-refractivity contribution >= 4 is 5.91 Å². The number of hydrogen-bond donors (Lipinski definition) is 0. The number of hydrogen-bond acceptors (Lipinski definition) is 3. The first-order chi connectivity index (χ1) is 12.1. The maximum Gasteiger partial charge on any atom is 0.224 e. The first kappa shape index (κ1) is 17.9. The third-order valence-corrected chi connectivity index (χ3v) is 5.39. The quantitative estimate of drug-likeness (QED) is 0.771. The van der Waals surface area contributed by atoms with E-state index in [1.54, 1.807) is 6.20 Å². The Balaban J connectivity index is 1.53. The average Bonchev–Trinajstić information content (AvgIpc) is 2.79. The Hall–Kier alpha value is -1.94. The van der Waals surface area contributed by atoms with Gasteiger partial charge in [0.1, 0.15) is 0 Å². The van der Waals surface area contributed by atoms with Crippen LogP contribution in [0.1, 0.15) is 38.3 Å². The molecule has 0 N–H and O–H groups in total. The molecule has 1 saturated heterocycles. The minimum atomic E-state index is 0.244. The van der Waals surface area contributed by atoms with Crippen molar-refractivity contribution in [2.75, 3.05) is 26.2 Å². The van der Waals surface area contributed by atoms with E-state index in [9.17, 15) is 4.79 Å². The van der Waals surface area contributed by atoms with E-state index in [2.05, 4.69) is 29.5 Å². The van der Waals surface area contributed by atoms with Gasteiger partial charge in [0.15, 0.2) is 0 Å². The van der Waals surface area contributed by atoms with Crippen molar-refractivity contribution in [2.24, 2.45) is 5.92 Å². The molecule has 2 aliphatic rings. The van der Waals surface area contributed by atoms with Gasteiger partial charge < -0.3 is 4.90 Å². The van der Waals surface area contributed by atoms with E-state index in [4.69, 9.17) is 0 Å². The summed E-state index contributed by atoms with van der Waals surface area (Å²) in [6, 6.07) is 5.87. The molecule has 1 fully saturated rings. The second kappa shape index (κ2) is 8.43. The van der Waals surface area contributed by atoms with Gasteiger partial charge in [0, 0.05) is 38.8 Å². The summed E-state index contributed by atoms with van der Waals surface area (Å²) in [5.41, 5.74) is 3.80. The zero-order chi connectivity index (χ0) is 17.6. The van der Waals surface area contributed by atoms with E-state index in [1.165, 1.54) is 24.0 Å². The van der Waals surface area contributed by atoms with Crippen LogP contribution in [0.15, 0.2) is 48.2 Å². The highest BCUT2D eigenvalue weighted by Gasteiger charge is 2.23. The molecular weight excluding hydrogens is 310 g/mol. The van der Waals surface area contributed by atoms with Gasteiger partial charge >= 0.3 is 0 Å². The second-order valence-electron chi connectivity index (χ2n) is 7.34. The van der Waals surface area contributed by atoms with E-state index < -0.39 is 0 Å². The molecule has 1 atom stereocenters. The molecule has 4 nitrogen and oxygen atoms in total. The standard InChI is InChI=1S/C21H29N3O/c1-17(2)19-8-6-18(7-9-19)15-23-12-10-21(25)24(14-13-23)16-20-5-3-4-11-22-20/h3-6,11,19H,1,7-10,12-16H2,2H3/t19-/m1/s1. The normalized spacial score (nSPS) is 22.4. The molecular formula is C21H29N3O. The number of aromatic nitrogens is 1. The van der Waals surface area contributed by atoms with Crippen LogP contribution in [0.2, 0.25) is 0 Å². The second-order valence-corrected chi connectivity index (χ2v) is 7.34. The maximum absolute atomic E-state index is 12.4. The number of pyridine rings is 1. The molecule has 1 amide bonds. The Kier molecular flexibility index (Phi) is 6.03. The van der Waals surface area contributed by atoms with Gasteiger partial charge in [-0.25, -0.2) is 0 Å². The monoisotopic (exact) mass is 339 g/mol. The minimum absolute atomic E-state index is 0.244. The summed E-state index contributed by atoms with van der Waals surface area (Å²) in [6.07, 6.45) is 8.32. The highest BCUT2D eigenvalue weighted by Crippen LogP contribution is 2.28. The molecule has 1 aromatic heterocycles. The number of carbonyl (C=O) groups excluding carboxylic acids is 1. The largest absolute Gasteiger partial charge is 0.335 e. The molecule has 0 aromatic carbocycles. The minimum Gasteiger partial charge on any atom is -0.335 e. The predicted molar refractivity (Wildman–Crippen MR) is 101 cm³/mol. The molecule has 0 saturated carbocycles. The van der Waals surface area contributed by atoms with Crippen LogP contribution in [0.3, 0.4) is 0 Å². The van der Waals surface area contributed by atoms with Gasteiger partial charge in [-0.3, -0.25) is 14.7 Å². The van der Waals surface area contributed by atoms with Crippen LogP contribution in [0.25, 0.3) is 0 Å². The molecule has 0 spiro atoms. The fourth-order valence-corrected chi connectivity index (χ4v) is 3.69. The van der Waals surface area contributed by atoms with Crippen LogP contribution >= 0.6 is 0 Å². The maximum atomic E-state index is 12.4. The number of amides is 1. The third-order valence-electron chi connectivity index (χ3n) is 5.39. The fraction of sp³-hybridized carbons (Fsp3) is 0.524. The summed E-state index contributed by atoms with van der Waals surface area (Å²) in [7, 11) is 0. The summed E-state index contributed by atoms with van der Waals surface area (Å²) in [4.78, 5) is 21.2. The highest BCUT2D eigenvalue weighted by atomic mass is 16.2. The number of carbonyl (C=O) groups is 1. The zero-order valence-corrected chi connectivity index (χ0v) is 15.3. The summed E-state index contributed by atoms with van der Waals surface area (Å²) < 4.78 is 0. The van der Waals surface area contributed by atoms with Gasteiger partial charge in [0.25, 0.3) is 0 Å². The lowest BCUT2D eigenvalue weighted by Gasteiger charge is -2.27. The summed E-state index contributed by atoms with van der Waals surface area (Å²) >= 11 is 0. The average molecular weight is 339 g/mol. The van der Waals surface area contributed by atoms with Gasteiger partial charge in [0.05, 0.1) is 12.2 Å². The Bertz CT molecular complexity index is 638. The lowest BCUT2D eigenvalue weighted by molar-refractivity contribution is -0.131. The van der Waals surface area contributed by atoms with Crippen LogP contribution in [0.4, 0.5) is 0 Å². The zero-order valence-electron chi connectivity index (χ0n) is 15.3. The van der Waals surface area contributed by atoms with Gasteiger partial charge in [-0.15, -0.1) is 0 Å². The molecule has 2 heterocycles. The predicted octanol–water partition coefficient (Wildman–Crippen LogP) is 3.42. The van der Waals surface area contributed by atoms with Crippen LogP contribution in [-0.2, 0) is 11.3 Å². The molecule has 134 valence electrons. The Morgan fingerprint density at radius 3 is 2.80 bits per heavy atom. The fourth-order valence-electron chi connectivity index (χ4n) is 3.69. The Labute approximate surface area is 151 Å². The smallest absolute Gasteiger partial charge is 0.224 e. The molecule has 0 radical (unpaired) electrons. The molecule has 0 bridgehead atoms. The molecule has 4 heteroatoms. The molecule has 0 unspecified atom stereocenters. The van der Waals surface area contributed by atoms with E-state index in [0.29, 0.717) is 18.9 Å². The van der Waals surface area contributed by atoms with Crippen molar-refractivity contribution in [1.29, 1.82) is 0 Å². The van der Waals surface area contributed by atoms with Crippen molar-refractivity contribution in [2.45, 2.75) is 39.2 Å². The van der Waals surface area contributed by atoms with Gasteiger partial charge in [-0.2, -0.15) is 0 Å². The molecule has 1 aliphatic carbocycles. The van der Waals surface area contributed by atoms with E-state index in [1.807, 2.05) is 23.1 Å². The first-order valence-electron chi connectivity index (χ1n) is 9.35. The van der Waals surface area contributed by atoms with E-state index in [-0.39, 0.29) is 5.91 Å². The SMILES string of the molecule is C=C(C)[C@@H]1CC=C(CN2CCC(=O)N(Cc3ccccn3)CC2)CC1. The first-order valence-corrected chi connectivity index (χ1v) is 9.35. The topological polar surface area (TPSA) is 36.4 Å². The number of allylic oxidation sites excluding steroid dienone is 2. The van der Waals surface area contributed by atoms with Crippen molar-refractivity contribution < 1.29 is 4.79 Å². The van der Waals surface area contributed by atoms with Gasteiger partial charge in [0.2, 0.25) is 5.91 Å². The van der Waals surface area contributed by atoms with Crippen LogP contribution in [0.5, 0.6) is 0 Å². The Morgan fingerprint density at radius 1 is 1.24 bits per heavy atom. The lowest BCUT2D eigenvalue weighted by atomic mass is 9.85. The molecule has 1 aromatic rings. The number of nitrogens with zero attached hydrogens (tertiary/aromatic N) is 3. The van der Waals surface area contributed by atoms with Crippen molar-refractivity contribution in [3.63, 3.8) is 0 Å². The summed E-state index contributed by atoms with van der Waals surface area (Å²) in [5, 5.41) is 0. The van der Waals surface area contributed by atoms with Crippen LogP contribution in [0, 0.1) is 5.92 Å². The molecule has 25 heavy (non-hydrogen) atoms. The van der Waals surface area contributed by atoms with Crippen LogP contribution < -0.4 is 0 Å². The highest BCUT2D eigenvalue weighted by molar-refractivity contribution is 5.76. The van der Waals surface area contributed by atoms with Crippen LogP contribution in [-0.4, -0.2) is 46.9 Å². The van der Waals surface area contributed by atoms with E-state index in [0.717, 1.165) is 38.3 Å². The van der Waals surface area contributed by atoms with Crippen molar-refractivity contribution in [3.8, 4) is 0 Å². The Morgan fingerprint density at radius 2 is 2.12 bits per heavy atom. The summed E-state index contributed by atoms with van der Waals surface area (Å²) in [6.45, 7) is 10.5. The van der Waals surface area contributed by atoms with Gasteiger partial charge in [-0.1, -0.05) is 29.9 Å². The van der Waals surface area contributed by atoms with Gasteiger partial charge in [-0.05, 0) is 44.2 Å². The molecule has 3 rings (SSSR count). The lowest BCUT2D eigenvalue weighted by Crippen LogP contribution is -2.33.